The standard InChI is InChI=1S/C24H26N4O3S2/c1-13-16(19-20(30)27(5)23(31)28(6)21(19)33-13)11-18(29)26-22-25-17(12-32-22)14-7-9-15(10-8-14)24(2,3)4/h7-10,12H,11H2,1-6H3,(H,25,26,29). The summed E-state index contributed by atoms with van der Waals surface area (Å²) >= 11 is 2.71. The Morgan fingerprint density at radius 3 is 2.39 bits per heavy atom. The van der Waals surface area contributed by atoms with E-state index < -0.39 is 0 Å². The SMILES string of the molecule is Cc1sc2c(c1CC(=O)Nc1nc(-c3ccc(C(C)(C)C)cc3)cs1)c(=O)n(C)c(=O)n2C. The molecule has 3 aromatic heterocycles. The molecule has 1 aromatic carbocycles. The second-order valence-electron chi connectivity index (χ2n) is 9.11. The third-order valence-corrected chi connectivity index (χ3v) is 7.70. The van der Waals surface area contributed by atoms with Crippen molar-refractivity contribution in [1.82, 2.24) is 14.1 Å². The molecule has 0 aliphatic heterocycles. The molecule has 0 saturated carbocycles. The van der Waals surface area contributed by atoms with Gasteiger partial charge in [0, 0.05) is 29.9 Å². The maximum Gasteiger partial charge on any atom is 0.331 e. The molecule has 0 saturated heterocycles. The maximum atomic E-state index is 12.8. The number of benzene rings is 1. The number of anilines is 1. The number of amides is 1. The zero-order valence-electron chi connectivity index (χ0n) is 19.5. The van der Waals surface area contributed by atoms with Crippen LogP contribution < -0.4 is 16.6 Å². The minimum atomic E-state index is -0.379. The number of aryl methyl sites for hydroxylation is 2. The van der Waals surface area contributed by atoms with Gasteiger partial charge in [0.25, 0.3) is 5.56 Å². The molecule has 0 spiro atoms. The highest BCUT2D eigenvalue weighted by Crippen LogP contribution is 2.30. The first-order chi connectivity index (χ1) is 15.5. The molecule has 4 aromatic rings. The Hall–Kier alpha value is -3.04. The van der Waals surface area contributed by atoms with Crippen molar-refractivity contribution in [2.24, 2.45) is 14.1 Å². The van der Waals surface area contributed by atoms with Gasteiger partial charge in [0.2, 0.25) is 5.91 Å². The van der Waals surface area contributed by atoms with Crippen molar-refractivity contribution in [1.29, 1.82) is 0 Å². The van der Waals surface area contributed by atoms with Crippen LogP contribution in [0.1, 0.15) is 36.8 Å². The zero-order valence-corrected chi connectivity index (χ0v) is 21.1. The van der Waals surface area contributed by atoms with E-state index >= 15 is 0 Å². The number of fused-ring (bicyclic) bond motifs is 1. The summed E-state index contributed by atoms with van der Waals surface area (Å²) < 4.78 is 2.53. The van der Waals surface area contributed by atoms with E-state index in [0.717, 1.165) is 20.7 Å². The summed E-state index contributed by atoms with van der Waals surface area (Å²) in [4.78, 5) is 43.8. The number of carbonyl (C=O) groups excluding carboxylic acids is 1. The van der Waals surface area contributed by atoms with Crippen LogP contribution in [0.4, 0.5) is 5.13 Å². The fourth-order valence-electron chi connectivity index (χ4n) is 3.73. The molecule has 0 unspecified atom stereocenters. The second-order valence-corrected chi connectivity index (χ2v) is 11.2. The van der Waals surface area contributed by atoms with E-state index in [1.807, 2.05) is 24.4 Å². The van der Waals surface area contributed by atoms with E-state index in [1.54, 1.807) is 7.05 Å². The predicted molar refractivity (Wildman–Crippen MR) is 136 cm³/mol. The summed E-state index contributed by atoms with van der Waals surface area (Å²) in [6.45, 7) is 8.38. The van der Waals surface area contributed by atoms with Gasteiger partial charge in [0.05, 0.1) is 17.5 Å². The summed E-state index contributed by atoms with van der Waals surface area (Å²) in [7, 11) is 3.08. The zero-order chi connectivity index (χ0) is 24.1. The minimum Gasteiger partial charge on any atom is -0.302 e. The normalized spacial score (nSPS) is 11.8. The average molecular weight is 483 g/mol. The van der Waals surface area contributed by atoms with Crippen molar-refractivity contribution < 1.29 is 4.79 Å². The van der Waals surface area contributed by atoms with Gasteiger partial charge in [-0.3, -0.25) is 18.7 Å². The van der Waals surface area contributed by atoms with Gasteiger partial charge in [-0.15, -0.1) is 22.7 Å². The van der Waals surface area contributed by atoms with Gasteiger partial charge in [-0.05, 0) is 23.5 Å². The topological polar surface area (TPSA) is 86.0 Å². The number of hydrogen-bond donors (Lipinski definition) is 1. The van der Waals surface area contributed by atoms with Crippen LogP contribution in [0.3, 0.4) is 0 Å². The third-order valence-electron chi connectivity index (χ3n) is 5.72. The Morgan fingerprint density at radius 2 is 1.76 bits per heavy atom. The lowest BCUT2D eigenvalue weighted by molar-refractivity contribution is -0.115. The Labute approximate surface area is 199 Å². The molecule has 0 atom stereocenters. The van der Waals surface area contributed by atoms with Crippen molar-refractivity contribution in [3.05, 3.63) is 66.5 Å². The van der Waals surface area contributed by atoms with Gasteiger partial charge in [0.1, 0.15) is 4.83 Å². The molecular weight excluding hydrogens is 456 g/mol. The third kappa shape index (κ3) is 4.30. The van der Waals surface area contributed by atoms with Crippen LogP contribution in [0.2, 0.25) is 0 Å². The van der Waals surface area contributed by atoms with E-state index in [0.29, 0.717) is 20.9 Å². The first-order valence-corrected chi connectivity index (χ1v) is 12.2. The van der Waals surface area contributed by atoms with Crippen molar-refractivity contribution in [2.75, 3.05) is 5.32 Å². The smallest absolute Gasteiger partial charge is 0.302 e. The minimum absolute atomic E-state index is 0.0362. The lowest BCUT2D eigenvalue weighted by Crippen LogP contribution is -2.36. The van der Waals surface area contributed by atoms with Crippen LogP contribution in [-0.4, -0.2) is 20.0 Å². The number of nitrogens with zero attached hydrogens (tertiary/aromatic N) is 3. The van der Waals surface area contributed by atoms with Gasteiger partial charge >= 0.3 is 5.69 Å². The van der Waals surface area contributed by atoms with Gasteiger partial charge in [0.15, 0.2) is 5.13 Å². The van der Waals surface area contributed by atoms with E-state index in [-0.39, 0.29) is 29.0 Å². The van der Waals surface area contributed by atoms with Gasteiger partial charge in [-0.2, -0.15) is 0 Å². The summed E-state index contributed by atoms with van der Waals surface area (Å²) in [6, 6.07) is 8.29. The number of hydrogen-bond acceptors (Lipinski definition) is 6. The molecule has 4 rings (SSSR count). The number of thiazole rings is 1. The molecule has 0 bridgehead atoms. The molecule has 0 radical (unpaired) electrons. The summed E-state index contributed by atoms with van der Waals surface area (Å²) in [6.07, 6.45) is 0.0362. The molecule has 1 amide bonds. The summed E-state index contributed by atoms with van der Waals surface area (Å²) in [5, 5.41) is 5.70. The molecule has 172 valence electrons. The van der Waals surface area contributed by atoms with Crippen molar-refractivity contribution in [3.8, 4) is 11.3 Å². The first kappa shape index (κ1) is 23.1. The number of nitrogens with one attached hydrogen (secondary N) is 1. The van der Waals surface area contributed by atoms with Crippen LogP contribution >= 0.6 is 22.7 Å². The molecule has 0 fully saturated rings. The van der Waals surface area contributed by atoms with Crippen LogP contribution in [-0.2, 0) is 30.7 Å². The van der Waals surface area contributed by atoms with Crippen molar-refractivity contribution in [3.63, 3.8) is 0 Å². The molecule has 0 aliphatic carbocycles. The first-order valence-electron chi connectivity index (χ1n) is 10.5. The highest BCUT2D eigenvalue weighted by Gasteiger charge is 2.20. The Bertz CT molecular complexity index is 1480. The van der Waals surface area contributed by atoms with E-state index in [4.69, 9.17) is 0 Å². The number of aromatic nitrogens is 3. The van der Waals surface area contributed by atoms with E-state index in [9.17, 15) is 14.4 Å². The molecule has 33 heavy (non-hydrogen) atoms. The fraction of sp³-hybridized carbons (Fsp3) is 0.333. The fourth-order valence-corrected chi connectivity index (χ4v) is 5.58. The highest BCUT2D eigenvalue weighted by atomic mass is 32.1. The predicted octanol–water partition coefficient (Wildman–Crippen LogP) is 4.21. The maximum absolute atomic E-state index is 12.8. The van der Waals surface area contributed by atoms with Crippen LogP contribution in [0.5, 0.6) is 0 Å². The van der Waals surface area contributed by atoms with Crippen LogP contribution in [0.25, 0.3) is 21.5 Å². The largest absolute Gasteiger partial charge is 0.331 e. The van der Waals surface area contributed by atoms with Crippen LogP contribution in [0, 0.1) is 6.92 Å². The van der Waals surface area contributed by atoms with Crippen molar-refractivity contribution in [2.45, 2.75) is 39.5 Å². The number of thiophene rings is 1. The lowest BCUT2D eigenvalue weighted by atomic mass is 9.86. The average Bonchev–Trinajstić information content (AvgIpc) is 3.35. The van der Waals surface area contributed by atoms with Crippen LogP contribution in [0.15, 0.2) is 39.2 Å². The highest BCUT2D eigenvalue weighted by molar-refractivity contribution is 7.18. The number of rotatable bonds is 4. The second kappa shape index (κ2) is 8.39. The lowest BCUT2D eigenvalue weighted by Gasteiger charge is -2.18. The Morgan fingerprint density at radius 1 is 1.09 bits per heavy atom. The van der Waals surface area contributed by atoms with Gasteiger partial charge < -0.3 is 5.32 Å². The van der Waals surface area contributed by atoms with E-state index in [2.05, 4.69) is 43.2 Å². The van der Waals surface area contributed by atoms with Gasteiger partial charge in [-0.25, -0.2) is 9.78 Å². The van der Waals surface area contributed by atoms with Gasteiger partial charge in [-0.1, -0.05) is 45.0 Å². The molecule has 9 heteroatoms. The molecule has 1 N–H and O–H groups in total. The Kier molecular flexibility index (Phi) is 5.88. The van der Waals surface area contributed by atoms with Crippen molar-refractivity contribution >= 4 is 43.9 Å². The summed E-state index contributed by atoms with van der Waals surface area (Å²) in [5.74, 6) is -0.252. The summed E-state index contributed by atoms with van der Waals surface area (Å²) in [5.41, 5.74) is 3.01. The molecule has 0 aliphatic rings. The monoisotopic (exact) mass is 482 g/mol. The molecule has 7 nitrogen and oxygen atoms in total. The quantitative estimate of drug-likeness (QED) is 0.472. The Balaban J connectivity index is 1.56. The molecular formula is C24H26N4O3S2. The molecule has 3 heterocycles. The van der Waals surface area contributed by atoms with E-state index in [1.165, 1.54) is 39.9 Å². The number of carbonyl (C=O) groups is 1.